The minimum Gasteiger partial charge on any atom is -0.485 e. The topological polar surface area (TPSA) is 82.8 Å². The monoisotopic (exact) mass is 346 g/mol. The lowest BCUT2D eigenvalue weighted by Gasteiger charge is -2.14. The second-order valence-electron chi connectivity index (χ2n) is 5.71. The normalized spacial score (nSPS) is 13.5. The minimum atomic E-state index is -0.457. The van der Waals surface area contributed by atoms with E-state index < -0.39 is 11.9 Å². The number of amides is 1. The molecule has 1 amide bonds. The third-order valence-electron chi connectivity index (χ3n) is 3.87. The Balaban J connectivity index is 1.72. The van der Waals surface area contributed by atoms with Crippen molar-refractivity contribution in [3.63, 3.8) is 0 Å². The molecule has 0 saturated carbocycles. The van der Waals surface area contributed by atoms with Crippen molar-refractivity contribution in [3.05, 3.63) is 53.3 Å². The van der Waals surface area contributed by atoms with Gasteiger partial charge < -0.3 is 25.3 Å². The standard InChI is InChI=1S/C18H19FN2O4/c1-11(18(20)22)21-8-13-5-6-15(17-16(13)24-10-25-17)23-9-12-3-2-4-14(19)7-12/h2-7,11,21H,8-10H2,1H3,(H2,20,22)/t11-/m0/s1. The number of carbonyl (C=O) groups is 1. The fourth-order valence-corrected chi connectivity index (χ4v) is 2.43. The highest BCUT2D eigenvalue weighted by Gasteiger charge is 2.23. The van der Waals surface area contributed by atoms with E-state index in [1.807, 2.05) is 6.07 Å². The van der Waals surface area contributed by atoms with E-state index in [2.05, 4.69) is 5.32 Å². The molecule has 0 saturated heterocycles. The molecule has 25 heavy (non-hydrogen) atoms. The van der Waals surface area contributed by atoms with Gasteiger partial charge in [0.1, 0.15) is 12.4 Å². The first-order chi connectivity index (χ1) is 12.0. The molecule has 6 nitrogen and oxygen atoms in total. The van der Waals surface area contributed by atoms with Crippen LogP contribution in [-0.4, -0.2) is 18.7 Å². The van der Waals surface area contributed by atoms with Gasteiger partial charge in [-0.2, -0.15) is 0 Å². The van der Waals surface area contributed by atoms with Crippen LogP contribution < -0.4 is 25.3 Å². The van der Waals surface area contributed by atoms with Crippen molar-refractivity contribution < 1.29 is 23.4 Å². The third kappa shape index (κ3) is 4.00. The van der Waals surface area contributed by atoms with Gasteiger partial charge >= 0.3 is 0 Å². The summed E-state index contributed by atoms with van der Waals surface area (Å²) in [6.45, 7) is 2.40. The van der Waals surface area contributed by atoms with Crippen LogP contribution in [0.3, 0.4) is 0 Å². The SMILES string of the molecule is C[C@H](NCc1ccc(OCc2cccc(F)c2)c2c1OCO2)C(N)=O. The van der Waals surface area contributed by atoms with Gasteiger partial charge in [0.25, 0.3) is 0 Å². The number of rotatable bonds is 7. The lowest BCUT2D eigenvalue weighted by atomic mass is 10.1. The number of ether oxygens (including phenoxy) is 3. The average molecular weight is 346 g/mol. The molecule has 0 bridgehead atoms. The molecule has 3 rings (SSSR count). The van der Waals surface area contributed by atoms with Crippen LogP contribution in [0, 0.1) is 5.82 Å². The number of nitrogens with two attached hydrogens (primary N) is 1. The molecule has 1 aliphatic rings. The van der Waals surface area contributed by atoms with Crippen LogP contribution in [0.4, 0.5) is 4.39 Å². The fraction of sp³-hybridized carbons (Fsp3) is 0.278. The summed E-state index contributed by atoms with van der Waals surface area (Å²) in [6.07, 6.45) is 0. The van der Waals surface area contributed by atoms with Crippen molar-refractivity contribution in [3.8, 4) is 17.2 Å². The smallest absolute Gasteiger partial charge is 0.234 e. The molecule has 2 aromatic carbocycles. The van der Waals surface area contributed by atoms with E-state index in [0.29, 0.717) is 29.4 Å². The molecule has 1 heterocycles. The Labute approximate surface area is 144 Å². The third-order valence-corrected chi connectivity index (χ3v) is 3.87. The zero-order chi connectivity index (χ0) is 17.8. The van der Waals surface area contributed by atoms with Crippen molar-refractivity contribution >= 4 is 5.91 Å². The molecule has 0 aromatic heterocycles. The zero-order valence-electron chi connectivity index (χ0n) is 13.8. The number of carbonyl (C=O) groups excluding carboxylic acids is 1. The van der Waals surface area contributed by atoms with Crippen LogP contribution in [0.2, 0.25) is 0 Å². The minimum absolute atomic E-state index is 0.0913. The second-order valence-corrected chi connectivity index (χ2v) is 5.71. The van der Waals surface area contributed by atoms with Crippen molar-refractivity contribution in [1.29, 1.82) is 0 Å². The molecule has 1 atom stereocenters. The molecule has 0 unspecified atom stereocenters. The second kappa shape index (κ2) is 7.40. The number of nitrogens with one attached hydrogen (secondary N) is 1. The molecule has 2 aromatic rings. The van der Waals surface area contributed by atoms with Gasteiger partial charge in [0.05, 0.1) is 6.04 Å². The van der Waals surface area contributed by atoms with Crippen LogP contribution in [0.25, 0.3) is 0 Å². The summed E-state index contributed by atoms with van der Waals surface area (Å²) < 4.78 is 30.0. The number of hydrogen-bond acceptors (Lipinski definition) is 5. The van der Waals surface area contributed by atoms with Gasteiger partial charge in [-0.1, -0.05) is 18.2 Å². The highest BCUT2D eigenvalue weighted by atomic mass is 19.1. The number of benzene rings is 2. The van der Waals surface area contributed by atoms with E-state index in [4.69, 9.17) is 19.9 Å². The van der Waals surface area contributed by atoms with Crippen molar-refractivity contribution in [2.24, 2.45) is 5.73 Å². The molecule has 0 spiro atoms. The van der Waals surface area contributed by atoms with Gasteiger partial charge in [-0.05, 0) is 30.7 Å². The fourth-order valence-electron chi connectivity index (χ4n) is 2.43. The van der Waals surface area contributed by atoms with Crippen LogP contribution in [0.5, 0.6) is 17.2 Å². The molecular formula is C18H19FN2O4. The summed E-state index contributed by atoms with van der Waals surface area (Å²) in [5.41, 5.74) is 6.79. The Hall–Kier alpha value is -2.80. The van der Waals surface area contributed by atoms with E-state index in [9.17, 15) is 9.18 Å². The van der Waals surface area contributed by atoms with E-state index in [1.54, 1.807) is 25.1 Å². The molecule has 0 aliphatic carbocycles. The van der Waals surface area contributed by atoms with Gasteiger partial charge in [0.15, 0.2) is 11.5 Å². The number of halogens is 1. The van der Waals surface area contributed by atoms with E-state index in [0.717, 1.165) is 5.56 Å². The quantitative estimate of drug-likeness (QED) is 0.802. The molecule has 0 fully saturated rings. The van der Waals surface area contributed by atoms with E-state index >= 15 is 0 Å². The molecule has 3 N–H and O–H groups in total. The summed E-state index contributed by atoms with van der Waals surface area (Å²) in [7, 11) is 0. The number of primary amides is 1. The summed E-state index contributed by atoms with van der Waals surface area (Å²) in [5.74, 6) is 0.853. The maximum Gasteiger partial charge on any atom is 0.234 e. The first kappa shape index (κ1) is 17.0. The Morgan fingerprint density at radius 2 is 2.12 bits per heavy atom. The summed E-state index contributed by atoms with van der Waals surface area (Å²) in [5, 5.41) is 3.02. The van der Waals surface area contributed by atoms with Crippen LogP contribution in [0.1, 0.15) is 18.1 Å². The Bertz CT molecular complexity index is 782. The lowest BCUT2D eigenvalue weighted by molar-refractivity contribution is -0.119. The van der Waals surface area contributed by atoms with Gasteiger partial charge in [-0.15, -0.1) is 0 Å². The molecule has 132 valence electrons. The van der Waals surface area contributed by atoms with E-state index in [1.165, 1.54) is 12.1 Å². The van der Waals surface area contributed by atoms with Gasteiger partial charge in [0.2, 0.25) is 18.4 Å². The maximum absolute atomic E-state index is 13.2. The Morgan fingerprint density at radius 3 is 2.88 bits per heavy atom. The van der Waals surface area contributed by atoms with Crippen molar-refractivity contribution in [2.45, 2.75) is 26.1 Å². The molecular weight excluding hydrogens is 327 g/mol. The number of fused-ring (bicyclic) bond motifs is 1. The zero-order valence-corrected chi connectivity index (χ0v) is 13.8. The lowest BCUT2D eigenvalue weighted by Crippen LogP contribution is -2.38. The van der Waals surface area contributed by atoms with Gasteiger partial charge in [-0.25, -0.2) is 4.39 Å². The predicted octanol–water partition coefficient (Wildman–Crippen LogP) is 2.10. The molecule has 0 radical (unpaired) electrons. The average Bonchev–Trinajstić information content (AvgIpc) is 3.08. The number of hydrogen-bond donors (Lipinski definition) is 2. The van der Waals surface area contributed by atoms with E-state index in [-0.39, 0.29) is 19.2 Å². The Morgan fingerprint density at radius 1 is 1.32 bits per heavy atom. The summed E-state index contributed by atoms with van der Waals surface area (Å²) in [6, 6.07) is 9.35. The molecule has 1 aliphatic heterocycles. The first-order valence-corrected chi connectivity index (χ1v) is 7.86. The van der Waals surface area contributed by atoms with Crippen LogP contribution in [0.15, 0.2) is 36.4 Å². The summed E-state index contributed by atoms with van der Waals surface area (Å²) >= 11 is 0. The Kier molecular flexibility index (Phi) is 5.04. The highest BCUT2D eigenvalue weighted by molar-refractivity contribution is 5.79. The largest absolute Gasteiger partial charge is 0.485 e. The van der Waals surface area contributed by atoms with Crippen molar-refractivity contribution in [2.75, 3.05) is 6.79 Å². The molecule has 7 heteroatoms. The first-order valence-electron chi connectivity index (χ1n) is 7.86. The van der Waals surface area contributed by atoms with Crippen molar-refractivity contribution in [1.82, 2.24) is 5.32 Å². The van der Waals surface area contributed by atoms with Gasteiger partial charge in [-0.3, -0.25) is 4.79 Å². The summed E-state index contributed by atoms with van der Waals surface area (Å²) in [4.78, 5) is 11.1. The van der Waals surface area contributed by atoms with Gasteiger partial charge in [0, 0.05) is 12.1 Å². The maximum atomic E-state index is 13.2. The van der Waals surface area contributed by atoms with Crippen LogP contribution in [-0.2, 0) is 17.9 Å². The predicted molar refractivity (Wildman–Crippen MR) is 88.8 cm³/mol. The highest BCUT2D eigenvalue weighted by Crippen LogP contribution is 2.43. The van der Waals surface area contributed by atoms with Crippen LogP contribution >= 0.6 is 0 Å².